The molecule has 0 atom stereocenters. The van der Waals surface area contributed by atoms with Crippen molar-refractivity contribution < 1.29 is 9.47 Å². The molecule has 2 aromatic carbocycles. The van der Waals surface area contributed by atoms with Crippen LogP contribution in [0, 0.1) is 0 Å². The lowest BCUT2D eigenvalue weighted by atomic mass is 10.1. The summed E-state index contributed by atoms with van der Waals surface area (Å²) in [4.78, 5) is 5.01. The molecule has 0 aliphatic carbocycles. The van der Waals surface area contributed by atoms with Gasteiger partial charge in [-0.3, -0.25) is 4.90 Å². The number of methoxy groups -OCH3 is 1. The summed E-state index contributed by atoms with van der Waals surface area (Å²) in [5.41, 5.74) is 8.16. The molecule has 1 saturated heterocycles. The predicted molar refractivity (Wildman–Crippen MR) is 114 cm³/mol. The largest absolute Gasteiger partial charge is 0.493 e. The van der Waals surface area contributed by atoms with Crippen LogP contribution in [0.4, 0.5) is 0 Å². The number of rotatable bonds is 10. The van der Waals surface area contributed by atoms with Crippen molar-refractivity contribution in [2.45, 2.75) is 19.4 Å². The molecular weight excluding hydrogens is 350 g/mol. The zero-order chi connectivity index (χ0) is 19.6. The summed E-state index contributed by atoms with van der Waals surface area (Å²) in [6.07, 6.45) is 1.98. The van der Waals surface area contributed by atoms with Crippen LogP contribution in [0.25, 0.3) is 0 Å². The molecule has 1 heterocycles. The standard InChI is InChI=1S/C23H33N3O2/c1-27-23-18-21(19-26-15-13-25(14-16-26)12-5-11-24)8-9-22(23)28-17-10-20-6-3-2-4-7-20/h2-4,6-9,18H,5,10-17,19,24H2,1H3. The number of ether oxygens (including phenoxy) is 2. The summed E-state index contributed by atoms with van der Waals surface area (Å²) in [5.74, 6) is 1.63. The number of piperazine rings is 1. The number of nitrogens with two attached hydrogens (primary N) is 1. The van der Waals surface area contributed by atoms with E-state index in [9.17, 15) is 0 Å². The highest BCUT2D eigenvalue weighted by Crippen LogP contribution is 2.29. The Morgan fingerprint density at radius 2 is 1.64 bits per heavy atom. The zero-order valence-corrected chi connectivity index (χ0v) is 17.0. The molecule has 2 aromatic rings. The first-order valence-electron chi connectivity index (χ1n) is 10.3. The van der Waals surface area contributed by atoms with Gasteiger partial charge in [0.15, 0.2) is 11.5 Å². The Bertz CT molecular complexity index is 700. The van der Waals surface area contributed by atoms with E-state index in [0.29, 0.717) is 6.61 Å². The van der Waals surface area contributed by atoms with Crippen LogP contribution in [0.5, 0.6) is 11.5 Å². The Labute approximate surface area is 169 Å². The number of nitrogens with zero attached hydrogens (tertiary/aromatic N) is 2. The molecule has 0 aromatic heterocycles. The number of hydrogen-bond donors (Lipinski definition) is 1. The smallest absolute Gasteiger partial charge is 0.161 e. The Morgan fingerprint density at radius 1 is 0.893 bits per heavy atom. The zero-order valence-electron chi connectivity index (χ0n) is 17.0. The highest BCUT2D eigenvalue weighted by Gasteiger charge is 2.17. The Kier molecular flexibility index (Phi) is 8.15. The van der Waals surface area contributed by atoms with E-state index in [1.165, 1.54) is 11.1 Å². The average molecular weight is 384 g/mol. The van der Waals surface area contributed by atoms with Gasteiger partial charge in [-0.1, -0.05) is 36.4 Å². The van der Waals surface area contributed by atoms with E-state index in [1.807, 2.05) is 12.1 Å². The molecule has 5 nitrogen and oxygen atoms in total. The van der Waals surface area contributed by atoms with E-state index >= 15 is 0 Å². The number of benzene rings is 2. The molecule has 0 amide bonds. The van der Waals surface area contributed by atoms with Crippen molar-refractivity contribution in [3.8, 4) is 11.5 Å². The minimum atomic E-state index is 0.643. The van der Waals surface area contributed by atoms with Gasteiger partial charge in [-0.2, -0.15) is 0 Å². The fraction of sp³-hybridized carbons (Fsp3) is 0.478. The minimum Gasteiger partial charge on any atom is -0.493 e. The molecule has 3 rings (SSSR count). The van der Waals surface area contributed by atoms with E-state index in [2.05, 4.69) is 46.2 Å². The van der Waals surface area contributed by atoms with Crippen molar-refractivity contribution in [3.63, 3.8) is 0 Å². The molecule has 0 radical (unpaired) electrons. The van der Waals surface area contributed by atoms with Crippen LogP contribution >= 0.6 is 0 Å². The molecule has 1 aliphatic rings. The third-order valence-electron chi connectivity index (χ3n) is 5.27. The van der Waals surface area contributed by atoms with Crippen LogP contribution in [0.1, 0.15) is 17.5 Å². The molecular formula is C23H33N3O2. The molecule has 0 spiro atoms. The van der Waals surface area contributed by atoms with Gasteiger partial charge >= 0.3 is 0 Å². The second-order valence-electron chi connectivity index (χ2n) is 7.33. The maximum absolute atomic E-state index is 5.97. The van der Waals surface area contributed by atoms with Crippen LogP contribution in [-0.2, 0) is 13.0 Å². The second kappa shape index (κ2) is 11.1. The topological polar surface area (TPSA) is 51.0 Å². The lowest BCUT2D eigenvalue weighted by Gasteiger charge is -2.34. The predicted octanol–water partition coefficient (Wildman–Crippen LogP) is 2.78. The lowest BCUT2D eigenvalue weighted by Crippen LogP contribution is -2.46. The highest BCUT2D eigenvalue weighted by molar-refractivity contribution is 5.43. The summed E-state index contributed by atoms with van der Waals surface area (Å²) in [7, 11) is 1.71. The monoisotopic (exact) mass is 383 g/mol. The second-order valence-corrected chi connectivity index (χ2v) is 7.33. The molecule has 0 bridgehead atoms. The molecule has 5 heteroatoms. The minimum absolute atomic E-state index is 0.643. The van der Waals surface area contributed by atoms with E-state index < -0.39 is 0 Å². The molecule has 0 saturated carbocycles. The van der Waals surface area contributed by atoms with Crippen LogP contribution in [0.3, 0.4) is 0 Å². The maximum atomic E-state index is 5.97. The summed E-state index contributed by atoms with van der Waals surface area (Å²) < 4.78 is 11.5. The summed E-state index contributed by atoms with van der Waals surface area (Å²) in [5, 5.41) is 0. The highest BCUT2D eigenvalue weighted by atomic mass is 16.5. The van der Waals surface area contributed by atoms with Crippen molar-refractivity contribution >= 4 is 0 Å². The van der Waals surface area contributed by atoms with Crippen LogP contribution in [0.15, 0.2) is 48.5 Å². The van der Waals surface area contributed by atoms with Crippen LogP contribution < -0.4 is 15.2 Å². The van der Waals surface area contributed by atoms with Crippen molar-refractivity contribution in [3.05, 3.63) is 59.7 Å². The quantitative estimate of drug-likeness (QED) is 0.684. The van der Waals surface area contributed by atoms with E-state index in [4.69, 9.17) is 15.2 Å². The third-order valence-corrected chi connectivity index (χ3v) is 5.27. The number of hydrogen-bond acceptors (Lipinski definition) is 5. The van der Waals surface area contributed by atoms with Gasteiger partial charge in [-0.05, 0) is 42.8 Å². The van der Waals surface area contributed by atoms with Crippen molar-refractivity contribution in [2.24, 2.45) is 5.73 Å². The van der Waals surface area contributed by atoms with Gasteiger partial charge in [-0.15, -0.1) is 0 Å². The normalized spacial score (nSPS) is 15.5. The molecule has 1 aliphatic heterocycles. The molecule has 2 N–H and O–H groups in total. The molecule has 0 unspecified atom stereocenters. The fourth-order valence-corrected chi connectivity index (χ4v) is 3.60. The Balaban J connectivity index is 1.49. The summed E-state index contributed by atoms with van der Waals surface area (Å²) in [6.45, 7) is 7.93. The average Bonchev–Trinajstić information content (AvgIpc) is 2.75. The van der Waals surface area contributed by atoms with Crippen molar-refractivity contribution in [2.75, 3.05) is 53.0 Å². The van der Waals surface area contributed by atoms with Gasteiger partial charge in [0.05, 0.1) is 13.7 Å². The fourth-order valence-electron chi connectivity index (χ4n) is 3.60. The van der Waals surface area contributed by atoms with Gasteiger partial charge < -0.3 is 20.1 Å². The first kappa shape index (κ1) is 20.6. The van der Waals surface area contributed by atoms with E-state index in [-0.39, 0.29) is 0 Å². The molecule has 28 heavy (non-hydrogen) atoms. The van der Waals surface area contributed by atoms with Gasteiger partial charge in [0.25, 0.3) is 0 Å². The lowest BCUT2D eigenvalue weighted by molar-refractivity contribution is 0.126. The van der Waals surface area contributed by atoms with Crippen molar-refractivity contribution in [1.29, 1.82) is 0 Å². The van der Waals surface area contributed by atoms with Gasteiger partial charge in [0, 0.05) is 39.1 Å². The first-order chi connectivity index (χ1) is 13.8. The van der Waals surface area contributed by atoms with E-state index in [1.54, 1.807) is 7.11 Å². The maximum Gasteiger partial charge on any atom is 0.161 e. The van der Waals surface area contributed by atoms with Gasteiger partial charge in [0.2, 0.25) is 0 Å². The van der Waals surface area contributed by atoms with Gasteiger partial charge in [-0.25, -0.2) is 0 Å². The first-order valence-corrected chi connectivity index (χ1v) is 10.3. The SMILES string of the molecule is COc1cc(CN2CCN(CCCN)CC2)ccc1OCCc1ccccc1. The van der Waals surface area contributed by atoms with Crippen LogP contribution in [0.2, 0.25) is 0 Å². The van der Waals surface area contributed by atoms with Gasteiger partial charge in [0.1, 0.15) is 0 Å². The molecule has 1 fully saturated rings. The summed E-state index contributed by atoms with van der Waals surface area (Å²) >= 11 is 0. The Hall–Kier alpha value is -2.08. The van der Waals surface area contributed by atoms with E-state index in [0.717, 1.165) is 70.2 Å². The van der Waals surface area contributed by atoms with Crippen molar-refractivity contribution in [1.82, 2.24) is 9.80 Å². The molecule has 152 valence electrons. The Morgan fingerprint density at radius 3 is 2.36 bits per heavy atom. The third kappa shape index (κ3) is 6.23. The van der Waals surface area contributed by atoms with Crippen LogP contribution in [-0.4, -0.2) is 62.8 Å². The summed E-state index contributed by atoms with van der Waals surface area (Å²) in [6, 6.07) is 16.7.